The topological polar surface area (TPSA) is 104 Å². The number of nitrogens with one attached hydrogen (secondary N) is 1. The zero-order valence-corrected chi connectivity index (χ0v) is 14.5. The lowest BCUT2D eigenvalue weighted by Crippen LogP contribution is -2.46. The number of para-hydroxylation sites is 2. The van der Waals surface area contributed by atoms with Gasteiger partial charge in [0, 0.05) is 7.05 Å². The van der Waals surface area contributed by atoms with Gasteiger partial charge >= 0.3 is 6.01 Å². The second kappa shape index (κ2) is 6.17. The molecule has 0 bridgehead atoms. The maximum absolute atomic E-state index is 12.5. The van der Waals surface area contributed by atoms with Crippen molar-refractivity contribution in [2.75, 3.05) is 5.32 Å². The average Bonchev–Trinajstić information content (AvgIpc) is 3.19. The highest BCUT2D eigenvalue weighted by Crippen LogP contribution is 2.33. The minimum atomic E-state index is -0.834. The summed E-state index contributed by atoms with van der Waals surface area (Å²) in [7, 11) is 1.77. The lowest BCUT2D eigenvalue weighted by atomic mass is 10.1. The normalized spacial score (nSPS) is 18.6. The highest BCUT2D eigenvalue weighted by atomic mass is 16.6. The summed E-state index contributed by atoms with van der Waals surface area (Å²) in [6.07, 6.45) is -1.30. The first-order valence-corrected chi connectivity index (χ1v) is 8.09. The van der Waals surface area contributed by atoms with E-state index in [1.807, 2.05) is 25.1 Å². The van der Waals surface area contributed by atoms with Crippen molar-refractivity contribution in [3.63, 3.8) is 0 Å². The number of benzene rings is 1. The van der Waals surface area contributed by atoms with Crippen LogP contribution in [0.1, 0.15) is 12.6 Å². The molecule has 3 aromatic rings. The molecule has 1 amide bonds. The molecule has 0 saturated carbocycles. The molecule has 0 fully saturated rings. The molecule has 2 aromatic heterocycles. The zero-order chi connectivity index (χ0) is 18.3. The summed E-state index contributed by atoms with van der Waals surface area (Å²) in [5.74, 6) is 0.962. The fourth-order valence-electron chi connectivity index (χ4n) is 2.77. The first-order valence-electron chi connectivity index (χ1n) is 8.09. The van der Waals surface area contributed by atoms with Gasteiger partial charge in [0.15, 0.2) is 11.5 Å². The van der Waals surface area contributed by atoms with Crippen LogP contribution in [0.5, 0.6) is 11.5 Å². The van der Waals surface area contributed by atoms with Gasteiger partial charge in [0.1, 0.15) is 11.8 Å². The van der Waals surface area contributed by atoms with Gasteiger partial charge in [0.2, 0.25) is 6.10 Å². The monoisotopic (exact) mass is 355 g/mol. The number of rotatable bonds is 3. The minimum absolute atomic E-state index is 0.0153. The summed E-state index contributed by atoms with van der Waals surface area (Å²) in [5.41, 5.74) is 1.49. The second-order valence-electron chi connectivity index (χ2n) is 6.00. The summed E-state index contributed by atoms with van der Waals surface area (Å²) in [4.78, 5) is 12.5. The molecule has 9 nitrogen and oxygen atoms in total. The molecule has 0 unspecified atom stereocenters. The predicted octanol–water partition coefficient (Wildman–Crippen LogP) is 1.95. The maximum atomic E-state index is 12.5. The Morgan fingerprint density at radius 3 is 2.62 bits per heavy atom. The molecule has 3 heterocycles. The van der Waals surface area contributed by atoms with Gasteiger partial charge in [-0.2, -0.15) is 5.10 Å². The third kappa shape index (κ3) is 2.87. The van der Waals surface area contributed by atoms with Crippen LogP contribution >= 0.6 is 0 Å². The Balaban J connectivity index is 1.50. The maximum Gasteiger partial charge on any atom is 0.322 e. The fourth-order valence-corrected chi connectivity index (χ4v) is 2.77. The Bertz CT molecular complexity index is 964. The van der Waals surface area contributed by atoms with Gasteiger partial charge in [-0.25, -0.2) is 0 Å². The van der Waals surface area contributed by atoms with Crippen LogP contribution in [0.4, 0.5) is 6.01 Å². The van der Waals surface area contributed by atoms with E-state index in [4.69, 9.17) is 13.9 Å². The minimum Gasteiger partial charge on any atom is -0.482 e. The van der Waals surface area contributed by atoms with E-state index >= 15 is 0 Å². The third-order valence-electron chi connectivity index (χ3n) is 3.98. The van der Waals surface area contributed by atoms with Gasteiger partial charge in [-0.3, -0.25) is 14.8 Å². The van der Waals surface area contributed by atoms with Crippen molar-refractivity contribution in [1.29, 1.82) is 0 Å². The number of hydrogen-bond acceptors (Lipinski definition) is 7. The number of amides is 1. The molecule has 2 atom stereocenters. The summed E-state index contributed by atoms with van der Waals surface area (Å²) >= 11 is 0. The van der Waals surface area contributed by atoms with E-state index in [9.17, 15) is 4.79 Å². The van der Waals surface area contributed by atoms with Gasteiger partial charge < -0.3 is 13.9 Å². The quantitative estimate of drug-likeness (QED) is 0.765. The molecule has 4 rings (SSSR count). The first-order chi connectivity index (χ1) is 12.5. The highest BCUT2D eigenvalue weighted by Gasteiger charge is 2.34. The standard InChI is InChI=1S/C17H17N5O4/c1-9-8-11(22(3)21-9)16-19-20-17(26-16)18-15(23)14-10(2)24-12-6-4-5-7-13(12)25-14/h4-8,10,14H,1-3H3,(H,18,20,23)/t10-,14+/m0/s1. The lowest BCUT2D eigenvalue weighted by molar-refractivity contribution is -0.128. The van der Waals surface area contributed by atoms with Crippen LogP contribution in [-0.4, -0.2) is 38.1 Å². The zero-order valence-electron chi connectivity index (χ0n) is 14.5. The molecular weight excluding hydrogens is 338 g/mol. The molecule has 1 N–H and O–H groups in total. The Kier molecular flexibility index (Phi) is 3.83. The molecule has 9 heteroatoms. The van der Waals surface area contributed by atoms with E-state index in [0.29, 0.717) is 17.2 Å². The van der Waals surface area contributed by atoms with E-state index < -0.39 is 18.1 Å². The van der Waals surface area contributed by atoms with Crippen LogP contribution in [-0.2, 0) is 11.8 Å². The van der Waals surface area contributed by atoms with Crippen molar-refractivity contribution in [3.05, 3.63) is 36.0 Å². The van der Waals surface area contributed by atoms with Crippen LogP contribution in [0.25, 0.3) is 11.6 Å². The summed E-state index contributed by atoms with van der Waals surface area (Å²) in [5, 5.41) is 14.6. The number of aryl methyl sites for hydroxylation is 2. The number of anilines is 1. The van der Waals surface area contributed by atoms with Crippen LogP contribution in [0.2, 0.25) is 0 Å². The Morgan fingerprint density at radius 2 is 1.92 bits per heavy atom. The number of carbonyl (C=O) groups is 1. The third-order valence-corrected chi connectivity index (χ3v) is 3.98. The van der Waals surface area contributed by atoms with Crippen molar-refractivity contribution < 1.29 is 18.7 Å². The van der Waals surface area contributed by atoms with E-state index in [2.05, 4.69) is 20.6 Å². The lowest BCUT2D eigenvalue weighted by Gasteiger charge is -2.30. The van der Waals surface area contributed by atoms with Crippen LogP contribution < -0.4 is 14.8 Å². The Labute approximate surface area is 148 Å². The fraction of sp³-hybridized carbons (Fsp3) is 0.294. The SMILES string of the molecule is Cc1cc(-c2nnc(NC(=O)[C@@H]3Oc4ccccc4O[C@H]3C)o2)n(C)n1. The number of nitrogens with zero attached hydrogens (tertiary/aromatic N) is 4. The first kappa shape index (κ1) is 16.1. The van der Waals surface area contributed by atoms with Crippen LogP contribution in [0.15, 0.2) is 34.7 Å². The van der Waals surface area contributed by atoms with Gasteiger partial charge in [-0.05, 0) is 32.0 Å². The predicted molar refractivity (Wildman–Crippen MR) is 90.8 cm³/mol. The van der Waals surface area contributed by atoms with Crippen LogP contribution in [0, 0.1) is 6.92 Å². The molecule has 0 spiro atoms. The van der Waals surface area contributed by atoms with Gasteiger partial charge in [-0.15, -0.1) is 5.10 Å². The smallest absolute Gasteiger partial charge is 0.322 e. The van der Waals surface area contributed by atoms with E-state index in [1.54, 1.807) is 30.8 Å². The number of aromatic nitrogens is 4. The van der Waals surface area contributed by atoms with Crippen molar-refractivity contribution in [2.24, 2.45) is 7.05 Å². The largest absolute Gasteiger partial charge is 0.482 e. The summed E-state index contributed by atoms with van der Waals surface area (Å²) < 4.78 is 18.6. The van der Waals surface area contributed by atoms with Gasteiger partial charge in [0.25, 0.3) is 11.8 Å². The molecule has 1 aromatic carbocycles. The molecule has 26 heavy (non-hydrogen) atoms. The molecule has 0 saturated heterocycles. The Morgan fingerprint density at radius 1 is 1.19 bits per heavy atom. The van der Waals surface area contributed by atoms with E-state index in [-0.39, 0.29) is 11.9 Å². The molecule has 1 aliphatic heterocycles. The molecule has 0 radical (unpaired) electrons. The number of fused-ring (bicyclic) bond motifs is 1. The molecule has 134 valence electrons. The summed E-state index contributed by atoms with van der Waals surface area (Å²) in [6.45, 7) is 3.63. The number of carbonyl (C=O) groups excluding carboxylic acids is 1. The van der Waals surface area contributed by atoms with Crippen molar-refractivity contribution in [1.82, 2.24) is 20.0 Å². The highest BCUT2D eigenvalue weighted by molar-refractivity contribution is 5.93. The van der Waals surface area contributed by atoms with Crippen molar-refractivity contribution in [2.45, 2.75) is 26.1 Å². The second-order valence-corrected chi connectivity index (χ2v) is 6.00. The average molecular weight is 355 g/mol. The van der Waals surface area contributed by atoms with Gasteiger partial charge in [-0.1, -0.05) is 17.2 Å². The Hall–Kier alpha value is -3.36. The molecule has 1 aliphatic rings. The van der Waals surface area contributed by atoms with Crippen LogP contribution in [0.3, 0.4) is 0 Å². The molecule has 0 aliphatic carbocycles. The molecular formula is C17H17N5O4. The van der Waals surface area contributed by atoms with Gasteiger partial charge in [0.05, 0.1) is 5.69 Å². The van der Waals surface area contributed by atoms with E-state index in [0.717, 1.165) is 5.69 Å². The van der Waals surface area contributed by atoms with E-state index in [1.165, 1.54) is 0 Å². The number of hydrogen-bond donors (Lipinski definition) is 1. The van der Waals surface area contributed by atoms with Crippen molar-refractivity contribution >= 4 is 11.9 Å². The van der Waals surface area contributed by atoms with Crippen molar-refractivity contribution in [3.8, 4) is 23.1 Å². The summed E-state index contributed by atoms with van der Waals surface area (Å²) in [6, 6.07) is 8.99. The number of ether oxygens (including phenoxy) is 2.